The van der Waals surface area contributed by atoms with E-state index in [9.17, 15) is 10.2 Å². The van der Waals surface area contributed by atoms with Gasteiger partial charge in [0.15, 0.2) is 0 Å². The SMILES string of the molecule is CCc1cc(O)ccc1C1CCC2C(c3ncc(C4=CCN(C(C)CO)CC4)[nH]3)NNC2C1F. The molecular formula is C26H36FN5O2. The van der Waals surface area contributed by atoms with Gasteiger partial charge >= 0.3 is 0 Å². The number of halogens is 1. The third-order valence-corrected chi connectivity index (χ3v) is 8.10. The van der Waals surface area contributed by atoms with Crippen LogP contribution in [0.2, 0.25) is 0 Å². The van der Waals surface area contributed by atoms with E-state index in [0.29, 0.717) is 0 Å². The molecule has 2 aromatic rings. The highest BCUT2D eigenvalue weighted by Crippen LogP contribution is 2.45. The van der Waals surface area contributed by atoms with Crippen LogP contribution in [0.25, 0.3) is 5.57 Å². The number of benzene rings is 1. The van der Waals surface area contributed by atoms with E-state index in [1.54, 1.807) is 12.1 Å². The lowest BCUT2D eigenvalue weighted by Crippen LogP contribution is -2.45. The lowest BCUT2D eigenvalue weighted by atomic mass is 9.71. The number of aromatic hydroxyl groups is 1. The molecule has 0 spiro atoms. The molecule has 184 valence electrons. The first kappa shape index (κ1) is 23.5. The Bertz CT molecular complexity index is 1040. The second-order valence-corrected chi connectivity index (χ2v) is 10.0. The summed E-state index contributed by atoms with van der Waals surface area (Å²) in [7, 11) is 0. The maximum absolute atomic E-state index is 15.8. The molecule has 6 atom stereocenters. The number of hydrazine groups is 1. The van der Waals surface area contributed by atoms with Crippen molar-refractivity contribution in [2.24, 2.45) is 5.92 Å². The van der Waals surface area contributed by atoms with Crippen molar-refractivity contribution in [1.82, 2.24) is 25.7 Å². The fourth-order valence-electron chi connectivity index (χ4n) is 6.01. The van der Waals surface area contributed by atoms with Crippen molar-refractivity contribution in [2.45, 2.75) is 69.7 Å². The number of phenolic OH excluding ortho intramolecular Hbond substituents is 1. The molecule has 1 aliphatic carbocycles. The smallest absolute Gasteiger partial charge is 0.125 e. The van der Waals surface area contributed by atoms with Gasteiger partial charge in [0.1, 0.15) is 17.7 Å². The number of imidazole rings is 1. The molecule has 1 aromatic carbocycles. The molecule has 0 bridgehead atoms. The molecule has 3 aliphatic rings. The number of nitrogens with zero attached hydrogens (tertiary/aromatic N) is 2. The maximum Gasteiger partial charge on any atom is 0.125 e. The second kappa shape index (κ2) is 9.77. The molecule has 6 unspecified atom stereocenters. The molecule has 5 N–H and O–H groups in total. The fraction of sp³-hybridized carbons (Fsp3) is 0.577. The number of phenols is 1. The molecule has 1 aromatic heterocycles. The standard InChI is InChI=1S/C26H36FN5O2/c1-3-16-12-18(34)4-5-19(16)20-6-7-21-24(23(20)27)30-31-25(21)26-28-13-22(29-26)17-8-10-32(11-9-17)15(2)14-33/h4-5,8,12-13,15,20-21,23-25,30-31,33-34H,3,6-7,9-11,14H2,1-2H3,(H,28,29). The van der Waals surface area contributed by atoms with Crippen LogP contribution in [0.5, 0.6) is 5.75 Å². The van der Waals surface area contributed by atoms with Gasteiger partial charge in [-0.3, -0.25) is 10.3 Å². The summed E-state index contributed by atoms with van der Waals surface area (Å²) in [4.78, 5) is 10.4. The van der Waals surface area contributed by atoms with E-state index < -0.39 is 6.17 Å². The van der Waals surface area contributed by atoms with Gasteiger partial charge in [0.05, 0.1) is 30.6 Å². The summed E-state index contributed by atoms with van der Waals surface area (Å²) in [5.41, 5.74) is 10.9. The molecule has 2 fully saturated rings. The molecule has 2 aliphatic heterocycles. The number of aryl methyl sites for hydroxylation is 1. The van der Waals surface area contributed by atoms with Crippen LogP contribution in [-0.2, 0) is 6.42 Å². The molecule has 0 amide bonds. The second-order valence-electron chi connectivity index (χ2n) is 10.0. The Morgan fingerprint density at radius 3 is 2.85 bits per heavy atom. The van der Waals surface area contributed by atoms with Crippen LogP contribution in [0.3, 0.4) is 0 Å². The molecule has 34 heavy (non-hydrogen) atoms. The molecule has 3 heterocycles. The predicted octanol–water partition coefficient (Wildman–Crippen LogP) is 3.20. The predicted molar refractivity (Wildman–Crippen MR) is 130 cm³/mol. The van der Waals surface area contributed by atoms with Gasteiger partial charge in [-0.05, 0) is 61.4 Å². The van der Waals surface area contributed by atoms with Crippen molar-refractivity contribution in [3.63, 3.8) is 0 Å². The van der Waals surface area contributed by atoms with E-state index in [0.717, 1.165) is 61.4 Å². The quantitative estimate of drug-likeness (QED) is 0.446. The normalized spacial score (nSPS) is 30.7. The lowest BCUT2D eigenvalue weighted by Gasteiger charge is -2.36. The Kier molecular flexibility index (Phi) is 6.75. The first-order valence-corrected chi connectivity index (χ1v) is 12.6. The molecular weight excluding hydrogens is 433 g/mol. The highest BCUT2D eigenvalue weighted by molar-refractivity contribution is 5.63. The summed E-state index contributed by atoms with van der Waals surface area (Å²) < 4.78 is 15.8. The van der Waals surface area contributed by atoms with Crippen molar-refractivity contribution in [1.29, 1.82) is 0 Å². The summed E-state index contributed by atoms with van der Waals surface area (Å²) >= 11 is 0. The van der Waals surface area contributed by atoms with Gasteiger partial charge in [-0.1, -0.05) is 19.1 Å². The van der Waals surface area contributed by atoms with Crippen LogP contribution in [0.4, 0.5) is 4.39 Å². The highest BCUT2D eigenvalue weighted by atomic mass is 19.1. The molecule has 5 rings (SSSR count). The first-order valence-electron chi connectivity index (χ1n) is 12.6. The lowest BCUT2D eigenvalue weighted by molar-refractivity contribution is 0.135. The largest absolute Gasteiger partial charge is 0.508 e. The van der Waals surface area contributed by atoms with Gasteiger partial charge in [-0.2, -0.15) is 0 Å². The fourth-order valence-corrected chi connectivity index (χ4v) is 6.01. The monoisotopic (exact) mass is 469 g/mol. The van der Waals surface area contributed by atoms with E-state index in [-0.39, 0.29) is 42.3 Å². The molecule has 0 radical (unpaired) electrons. The van der Waals surface area contributed by atoms with Gasteiger partial charge in [0.25, 0.3) is 0 Å². The number of nitrogens with one attached hydrogen (secondary N) is 3. The van der Waals surface area contributed by atoms with Gasteiger partial charge in [0, 0.05) is 31.0 Å². The van der Waals surface area contributed by atoms with Crippen molar-refractivity contribution in [3.8, 4) is 5.75 Å². The Balaban J connectivity index is 1.28. The number of alkyl halides is 1. The van der Waals surface area contributed by atoms with Crippen LogP contribution < -0.4 is 10.9 Å². The summed E-state index contributed by atoms with van der Waals surface area (Å²) in [5, 5.41) is 19.2. The van der Waals surface area contributed by atoms with Crippen molar-refractivity contribution in [3.05, 3.63) is 53.1 Å². The van der Waals surface area contributed by atoms with Crippen molar-refractivity contribution >= 4 is 5.57 Å². The molecule has 8 heteroatoms. The molecule has 7 nitrogen and oxygen atoms in total. The van der Waals surface area contributed by atoms with Crippen LogP contribution in [0.15, 0.2) is 30.5 Å². The average molecular weight is 470 g/mol. The van der Waals surface area contributed by atoms with Gasteiger partial charge in [-0.25, -0.2) is 14.8 Å². The van der Waals surface area contributed by atoms with Gasteiger partial charge in [0.2, 0.25) is 0 Å². The summed E-state index contributed by atoms with van der Waals surface area (Å²) in [6, 6.07) is 5.16. The molecule has 1 saturated carbocycles. The molecule has 1 saturated heterocycles. The minimum absolute atomic E-state index is 0.0569. The summed E-state index contributed by atoms with van der Waals surface area (Å²) in [6.45, 7) is 5.99. The van der Waals surface area contributed by atoms with E-state index in [1.807, 2.05) is 26.1 Å². The highest BCUT2D eigenvalue weighted by Gasteiger charge is 2.48. The first-order chi connectivity index (χ1) is 16.5. The van der Waals surface area contributed by atoms with Crippen LogP contribution in [-0.4, -0.2) is 63.0 Å². The van der Waals surface area contributed by atoms with E-state index in [1.165, 1.54) is 5.57 Å². The minimum atomic E-state index is -1.01. The van der Waals surface area contributed by atoms with Crippen LogP contribution in [0.1, 0.15) is 67.7 Å². The van der Waals surface area contributed by atoms with Crippen LogP contribution >= 0.6 is 0 Å². The number of fused-ring (bicyclic) bond motifs is 1. The van der Waals surface area contributed by atoms with E-state index in [4.69, 9.17) is 0 Å². The Hall–Kier alpha value is -2.26. The third kappa shape index (κ3) is 4.28. The Labute approximate surface area is 200 Å². The van der Waals surface area contributed by atoms with Gasteiger partial charge < -0.3 is 15.2 Å². The van der Waals surface area contributed by atoms with E-state index >= 15 is 4.39 Å². The zero-order valence-electron chi connectivity index (χ0n) is 20.0. The summed E-state index contributed by atoms with van der Waals surface area (Å²) in [6.07, 6.45) is 6.45. The minimum Gasteiger partial charge on any atom is -0.508 e. The third-order valence-electron chi connectivity index (χ3n) is 8.10. The number of hydrogen-bond donors (Lipinski definition) is 5. The van der Waals surface area contributed by atoms with Crippen molar-refractivity contribution < 1.29 is 14.6 Å². The summed E-state index contributed by atoms with van der Waals surface area (Å²) in [5.74, 6) is 1.04. The Morgan fingerprint density at radius 2 is 2.12 bits per heavy atom. The Morgan fingerprint density at radius 1 is 1.26 bits per heavy atom. The number of rotatable bonds is 6. The number of aromatic nitrogens is 2. The number of aliphatic hydroxyl groups is 1. The van der Waals surface area contributed by atoms with Crippen molar-refractivity contribution in [2.75, 3.05) is 19.7 Å². The topological polar surface area (TPSA) is 96.4 Å². The number of aliphatic hydroxyl groups excluding tert-OH is 1. The zero-order valence-corrected chi connectivity index (χ0v) is 20.0. The number of H-pyrrole nitrogens is 1. The average Bonchev–Trinajstić information content (AvgIpc) is 3.52. The number of aromatic amines is 1. The van der Waals surface area contributed by atoms with Crippen LogP contribution in [0, 0.1) is 5.92 Å². The maximum atomic E-state index is 15.8. The zero-order chi connectivity index (χ0) is 23.8. The van der Waals surface area contributed by atoms with Gasteiger partial charge in [-0.15, -0.1) is 0 Å². The van der Waals surface area contributed by atoms with E-state index in [2.05, 4.69) is 31.8 Å². The number of hydrogen-bond acceptors (Lipinski definition) is 6.